The number of alkyl halides is 3. The Labute approximate surface area is 202 Å². The summed E-state index contributed by atoms with van der Waals surface area (Å²) in [6.07, 6.45) is -2.39. The van der Waals surface area contributed by atoms with Gasteiger partial charge in [-0.15, -0.1) is 0 Å². The predicted octanol–water partition coefficient (Wildman–Crippen LogP) is 5.20. The molecule has 186 valence electrons. The van der Waals surface area contributed by atoms with Crippen LogP contribution in [0.1, 0.15) is 44.4 Å². The number of H-pyrrole nitrogens is 1. The Kier molecular flexibility index (Phi) is 6.89. The number of hydrogen-bond donors (Lipinski definition) is 2. The third-order valence-corrected chi connectivity index (χ3v) is 6.53. The van der Waals surface area contributed by atoms with Crippen molar-refractivity contribution in [1.82, 2.24) is 20.4 Å². The van der Waals surface area contributed by atoms with Gasteiger partial charge >= 0.3 is 6.18 Å². The van der Waals surface area contributed by atoms with Crippen molar-refractivity contribution in [3.8, 4) is 17.0 Å². The second kappa shape index (κ2) is 9.73. The van der Waals surface area contributed by atoms with E-state index in [4.69, 9.17) is 4.74 Å². The first-order chi connectivity index (χ1) is 16.5. The van der Waals surface area contributed by atoms with Gasteiger partial charge in [-0.3, -0.25) is 14.8 Å². The van der Waals surface area contributed by atoms with Crippen molar-refractivity contribution in [2.24, 2.45) is 0 Å². The third-order valence-electron chi connectivity index (χ3n) is 6.53. The van der Waals surface area contributed by atoms with Gasteiger partial charge in [-0.2, -0.15) is 18.3 Å². The standard InChI is InChI=1S/C26H29F3N4O2/c1-17(18-7-9-19(10-8-18)23-11-13-30-32-23)31-24(34)25(2,3)33-14-12-22(16-33)35-21-6-4-5-20(15-21)26(27,28)29/h4-11,13,15,17,22H,12,14,16H2,1-3H3,(H,30,32)(H,31,34)/t17-,22+/m0/s1. The van der Waals surface area contributed by atoms with Crippen LogP contribution in [0.4, 0.5) is 13.2 Å². The minimum atomic E-state index is -4.42. The summed E-state index contributed by atoms with van der Waals surface area (Å²) in [5.41, 5.74) is 1.36. The zero-order chi connectivity index (χ0) is 25.2. The van der Waals surface area contributed by atoms with E-state index < -0.39 is 17.3 Å². The van der Waals surface area contributed by atoms with Crippen LogP contribution in [-0.4, -0.2) is 45.7 Å². The number of nitrogens with zero attached hydrogens (tertiary/aromatic N) is 2. The average Bonchev–Trinajstić information content (AvgIpc) is 3.52. The Morgan fingerprint density at radius 2 is 1.91 bits per heavy atom. The van der Waals surface area contributed by atoms with Gasteiger partial charge in [-0.1, -0.05) is 30.3 Å². The maximum Gasteiger partial charge on any atom is 0.416 e. The molecule has 0 spiro atoms. The summed E-state index contributed by atoms with van der Waals surface area (Å²) in [5.74, 6) is 0.0588. The number of likely N-dealkylation sites (tertiary alicyclic amines) is 1. The van der Waals surface area contributed by atoms with Gasteiger partial charge in [0.05, 0.1) is 22.8 Å². The van der Waals surface area contributed by atoms with Crippen LogP contribution in [0, 0.1) is 0 Å². The van der Waals surface area contributed by atoms with Crippen molar-refractivity contribution in [3.05, 3.63) is 71.9 Å². The normalized spacial score (nSPS) is 17.8. The summed E-state index contributed by atoms with van der Waals surface area (Å²) >= 11 is 0. The van der Waals surface area contributed by atoms with Crippen molar-refractivity contribution in [3.63, 3.8) is 0 Å². The van der Waals surface area contributed by atoms with Gasteiger partial charge in [-0.25, -0.2) is 0 Å². The Balaban J connectivity index is 1.35. The topological polar surface area (TPSA) is 70.2 Å². The first-order valence-corrected chi connectivity index (χ1v) is 11.5. The summed E-state index contributed by atoms with van der Waals surface area (Å²) in [7, 11) is 0. The highest BCUT2D eigenvalue weighted by molar-refractivity contribution is 5.85. The minimum absolute atomic E-state index is 0.123. The Hall–Kier alpha value is -3.33. The number of carbonyl (C=O) groups is 1. The first-order valence-electron chi connectivity index (χ1n) is 11.5. The van der Waals surface area contributed by atoms with Crippen LogP contribution in [0.25, 0.3) is 11.3 Å². The number of halogens is 3. The molecule has 1 aromatic heterocycles. The van der Waals surface area contributed by atoms with Gasteiger partial charge in [0.2, 0.25) is 5.91 Å². The molecule has 1 amide bonds. The lowest BCUT2D eigenvalue weighted by Gasteiger charge is -2.35. The van der Waals surface area contributed by atoms with E-state index in [1.165, 1.54) is 12.1 Å². The molecule has 0 radical (unpaired) electrons. The molecule has 1 fully saturated rings. The molecule has 35 heavy (non-hydrogen) atoms. The number of benzene rings is 2. The molecule has 4 rings (SSSR count). The van der Waals surface area contributed by atoms with E-state index >= 15 is 0 Å². The lowest BCUT2D eigenvalue weighted by atomic mass is 9.99. The number of carbonyl (C=O) groups excluding carboxylic acids is 1. The summed E-state index contributed by atoms with van der Waals surface area (Å²) < 4.78 is 44.8. The quantitative estimate of drug-likeness (QED) is 0.481. The SMILES string of the molecule is C[C@H](NC(=O)C(C)(C)N1CC[C@@H](Oc2cccc(C(F)(F)F)c2)C1)c1ccc(-c2ccn[nH]2)cc1. The van der Waals surface area contributed by atoms with Crippen molar-refractivity contribution in [2.75, 3.05) is 13.1 Å². The molecule has 1 saturated heterocycles. The molecule has 1 aliphatic heterocycles. The van der Waals surface area contributed by atoms with E-state index in [2.05, 4.69) is 15.5 Å². The number of nitrogens with one attached hydrogen (secondary N) is 2. The van der Waals surface area contributed by atoms with Gasteiger partial charge in [0.15, 0.2) is 0 Å². The third kappa shape index (κ3) is 5.67. The smallest absolute Gasteiger partial charge is 0.416 e. The fourth-order valence-corrected chi connectivity index (χ4v) is 4.24. The van der Waals surface area contributed by atoms with Crippen LogP contribution in [0.3, 0.4) is 0 Å². The highest BCUT2D eigenvalue weighted by Crippen LogP contribution is 2.32. The molecule has 0 saturated carbocycles. The largest absolute Gasteiger partial charge is 0.489 e. The second-order valence-electron chi connectivity index (χ2n) is 9.35. The van der Waals surface area contributed by atoms with Crippen LogP contribution in [0.5, 0.6) is 5.75 Å². The number of ether oxygens (including phenoxy) is 1. The molecule has 0 aliphatic carbocycles. The zero-order valence-electron chi connectivity index (χ0n) is 19.9. The van der Waals surface area contributed by atoms with E-state index in [9.17, 15) is 18.0 Å². The number of aromatic amines is 1. The van der Waals surface area contributed by atoms with Gasteiger partial charge < -0.3 is 10.1 Å². The summed E-state index contributed by atoms with van der Waals surface area (Å²) in [6, 6.07) is 14.5. The molecule has 2 atom stereocenters. The van der Waals surface area contributed by atoms with E-state index in [0.717, 1.165) is 29.0 Å². The Morgan fingerprint density at radius 1 is 1.17 bits per heavy atom. The zero-order valence-corrected chi connectivity index (χ0v) is 19.9. The van der Waals surface area contributed by atoms with Crippen LogP contribution >= 0.6 is 0 Å². The number of rotatable bonds is 7. The maximum absolute atomic E-state index is 13.2. The number of hydrogen-bond acceptors (Lipinski definition) is 4. The minimum Gasteiger partial charge on any atom is -0.489 e. The van der Waals surface area contributed by atoms with Crippen LogP contribution in [-0.2, 0) is 11.0 Å². The highest BCUT2D eigenvalue weighted by atomic mass is 19.4. The molecule has 1 aliphatic rings. The van der Waals surface area contributed by atoms with Crippen LogP contribution in [0.15, 0.2) is 60.8 Å². The number of amides is 1. The van der Waals surface area contributed by atoms with E-state index in [1.54, 1.807) is 6.20 Å². The van der Waals surface area contributed by atoms with E-state index in [0.29, 0.717) is 19.5 Å². The molecule has 2 heterocycles. The average molecular weight is 487 g/mol. The summed E-state index contributed by atoms with van der Waals surface area (Å²) in [6.45, 7) is 6.69. The van der Waals surface area contributed by atoms with Gasteiger partial charge in [0.25, 0.3) is 0 Å². The molecule has 2 N–H and O–H groups in total. The lowest BCUT2D eigenvalue weighted by molar-refractivity contribution is -0.137. The summed E-state index contributed by atoms with van der Waals surface area (Å²) in [4.78, 5) is 15.2. The van der Waals surface area contributed by atoms with Crippen molar-refractivity contribution in [1.29, 1.82) is 0 Å². The van der Waals surface area contributed by atoms with E-state index in [1.807, 2.05) is 56.0 Å². The fraction of sp³-hybridized carbons (Fsp3) is 0.385. The first kappa shape index (κ1) is 24.8. The van der Waals surface area contributed by atoms with Crippen molar-refractivity contribution in [2.45, 2.75) is 51.1 Å². The second-order valence-corrected chi connectivity index (χ2v) is 9.35. The van der Waals surface area contributed by atoms with Crippen molar-refractivity contribution >= 4 is 5.91 Å². The lowest BCUT2D eigenvalue weighted by Crippen LogP contribution is -2.54. The molecular formula is C26H29F3N4O2. The predicted molar refractivity (Wildman–Crippen MR) is 127 cm³/mol. The van der Waals surface area contributed by atoms with E-state index in [-0.39, 0.29) is 23.8 Å². The monoisotopic (exact) mass is 486 g/mol. The fourth-order valence-electron chi connectivity index (χ4n) is 4.24. The van der Waals surface area contributed by atoms with Gasteiger partial charge in [0.1, 0.15) is 11.9 Å². The van der Waals surface area contributed by atoms with Crippen LogP contribution < -0.4 is 10.1 Å². The van der Waals surface area contributed by atoms with Crippen LogP contribution in [0.2, 0.25) is 0 Å². The molecule has 2 aromatic carbocycles. The van der Waals surface area contributed by atoms with Crippen molar-refractivity contribution < 1.29 is 22.7 Å². The molecule has 9 heteroatoms. The Morgan fingerprint density at radius 3 is 2.57 bits per heavy atom. The van der Waals surface area contributed by atoms with Gasteiger partial charge in [-0.05, 0) is 62.6 Å². The number of aromatic nitrogens is 2. The molecule has 0 unspecified atom stereocenters. The molecule has 0 bridgehead atoms. The van der Waals surface area contributed by atoms with Gasteiger partial charge in [0, 0.05) is 19.3 Å². The molecule has 3 aromatic rings. The molecular weight excluding hydrogens is 457 g/mol. The maximum atomic E-state index is 13.2. The summed E-state index contributed by atoms with van der Waals surface area (Å²) in [5, 5.41) is 9.98. The Bertz CT molecular complexity index is 1140. The highest BCUT2D eigenvalue weighted by Gasteiger charge is 2.40. The molecule has 6 nitrogen and oxygen atoms in total.